The largest absolute Gasteiger partial charge is 0.506 e. The molecule has 1 heterocycles. The van der Waals surface area contributed by atoms with E-state index in [2.05, 4.69) is 0 Å². The molecule has 1 aromatic heterocycles. The molecule has 0 amide bonds. The van der Waals surface area contributed by atoms with Crippen molar-refractivity contribution in [1.29, 1.82) is 0 Å². The minimum Gasteiger partial charge on any atom is -0.506 e. The quantitative estimate of drug-likeness (QED) is 0.427. The van der Waals surface area contributed by atoms with Crippen molar-refractivity contribution in [2.75, 3.05) is 0 Å². The lowest BCUT2D eigenvalue weighted by Gasteiger charge is -2.09. The second-order valence-corrected chi connectivity index (χ2v) is 5.39. The smallest absolute Gasteiger partial charge is 0.416 e. The number of fused-ring (bicyclic) bond motifs is 1. The maximum atomic E-state index is 13.0. The van der Waals surface area contributed by atoms with Crippen molar-refractivity contribution >= 4 is 22.8 Å². The normalized spacial score (nSPS) is 12.0. The summed E-state index contributed by atoms with van der Waals surface area (Å²) in [6, 6.07) is 10.7. The Bertz CT molecular complexity index is 1080. The lowest BCUT2D eigenvalue weighted by molar-refractivity contribution is -0.137. The van der Waals surface area contributed by atoms with Gasteiger partial charge in [-0.1, -0.05) is 36.4 Å². The molecular formula is C19H11F3O4. The number of benzene rings is 2. The minimum absolute atomic E-state index is 0.0953. The number of rotatable bonds is 3. The standard InChI is InChI=1S/C19H11F3O4/c20-19(21,22)13-7-3-1-5-11(13)9-10-14(23)16-17(24)12-6-2-4-8-15(12)26-18(16)25/h1-10,24H/b10-9+. The number of hydrogen-bond acceptors (Lipinski definition) is 4. The van der Waals surface area contributed by atoms with Gasteiger partial charge in [0, 0.05) is 0 Å². The zero-order valence-electron chi connectivity index (χ0n) is 13.1. The molecule has 0 aliphatic carbocycles. The Morgan fingerprint density at radius 1 is 1.04 bits per heavy atom. The summed E-state index contributed by atoms with van der Waals surface area (Å²) in [5.74, 6) is -1.53. The molecule has 0 saturated carbocycles. The third kappa shape index (κ3) is 3.23. The van der Waals surface area contributed by atoms with Gasteiger partial charge in [-0.25, -0.2) is 4.79 Å². The third-order valence-electron chi connectivity index (χ3n) is 3.71. The summed E-state index contributed by atoms with van der Waals surface area (Å²) < 4.78 is 43.9. The molecule has 0 radical (unpaired) electrons. The fourth-order valence-corrected chi connectivity index (χ4v) is 2.50. The van der Waals surface area contributed by atoms with E-state index >= 15 is 0 Å². The van der Waals surface area contributed by atoms with Gasteiger partial charge in [0.05, 0.1) is 10.9 Å². The Morgan fingerprint density at radius 2 is 1.69 bits per heavy atom. The molecule has 0 aliphatic rings. The van der Waals surface area contributed by atoms with Crippen molar-refractivity contribution in [2.45, 2.75) is 6.18 Å². The fourth-order valence-electron chi connectivity index (χ4n) is 2.50. The number of alkyl halides is 3. The fraction of sp³-hybridized carbons (Fsp3) is 0.0526. The maximum absolute atomic E-state index is 13.0. The van der Waals surface area contributed by atoms with Gasteiger partial charge in [-0.3, -0.25) is 4.79 Å². The SMILES string of the molecule is O=C(/C=C/c1ccccc1C(F)(F)F)c1c(O)c2ccccc2oc1=O. The lowest BCUT2D eigenvalue weighted by atomic mass is 10.0. The average molecular weight is 360 g/mol. The summed E-state index contributed by atoms with van der Waals surface area (Å²) in [5.41, 5.74) is -2.76. The highest BCUT2D eigenvalue weighted by Crippen LogP contribution is 2.32. The molecule has 0 saturated heterocycles. The molecule has 0 bridgehead atoms. The van der Waals surface area contributed by atoms with Crippen LogP contribution in [0, 0.1) is 0 Å². The van der Waals surface area contributed by atoms with Crippen LogP contribution in [0.3, 0.4) is 0 Å². The van der Waals surface area contributed by atoms with Crippen LogP contribution in [-0.2, 0) is 6.18 Å². The third-order valence-corrected chi connectivity index (χ3v) is 3.71. The van der Waals surface area contributed by atoms with Gasteiger partial charge in [0.1, 0.15) is 16.9 Å². The summed E-state index contributed by atoms with van der Waals surface area (Å²) in [4.78, 5) is 24.2. The summed E-state index contributed by atoms with van der Waals surface area (Å²) in [7, 11) is 0. The maximum Gasteiger partial charge on any atom is 0.416 e. The first-order chi connectivity index (χ1) is 12.3. The zero-order valence-corrected chi connectivity index (χ0v) is 13.1. The van der Waals surface area contributed by atoms with Gasteiger partial charge >= 0.3 is 11.8 Å². The van der Waals surface area contributed by atoms with Crippen LogP contribution < -0.4 is 5.63 Å². The number of hydrogen-bond donors (Lipinski definition) is 1. The van der Waals surface area contributed by atoms with Crippen molar-refractivity contribution in [3.63, 3.8) is 0 Å². The van der Waals surface area contributed by atoms with Crippen LogP contribution >= 0.6 is 0 Å². The van der Waals surface area contributed by atoms with Gasteiger partial charge in [0.25, 0.3) is 0 Å². The summed E-state index contributed by atoms with van der Waals surface area (Å²) in [6.45, 7) is 0. The Balaban J connectivity index is 2.04. The van der Waals surface area contributed by atoms with Gasteiger partial charge in [-0.15, -0.1) is 0 Å². The second kappa shape index (κ2) is 6.51. The molecule has 132 valence electrons. The molecule has 26 heavy (non-hydrogen) atoms. The topological polar surface area (TPSA) is 67.5 Å². The highest BCUT2D eigenvalue weighted by atomic mass is 19.4. The van der Waals surface area contributed by atoms with Crippen LogP contribution in [0.1, 0.15) is 21.5 Å². The molecule has 2 aromatic carbocycles. The second-order valence-electron chi connectivity index (χ2n) is 5.39. The highest BCUT2D eigenvalue weighted by molar-refractivity contribution is 6.10. The van der Waals surface area contributed by atoms with Crippen LogP contribution in [0.4, 0.5) is 13.2 Å². The van der Waals surface area contributed by atoms with Gasteiger partial charge in [-0.05, 0) is 29.8 Å². The Labute approximate surface area is 144 Å². The first-order valence-corrected chi connectivity index (χ1v) is 7.42. The number of ketones is 1. The van der Waals surface area contributed by atoms with Gasteiger partial charge < -0.3 is 9.52 Å². The lowest BCUT2D eigenvalue weighted by Crippen LogP contribution is -2.13. The molecule has 1 N–H and O–H groups in total. The van der Waals surface area contributed by atoms with E-state index < -0.39 is 34.5 Å². The van der Waals surface area contributed by atoms with Crippen molar-refractivity contribution < 1.29 is 27.5 Å². The van der Waals surface area contributed by atoms with E-state index in [1.54, 1.807) is 12.1 Å². The molecule has 0 fully saturated rings. The van der Waals surface area contributed by atoms with Crippen LogP contribution in [0.5, 0.6) is 5.75 Å². The van der Waals surface area contributed by atoms with Crippen molar-refractivity contribution in [3.8, 4) is 5.75 Å². The van der Waals surface area contributed by atoms with Crippen LogP contribution in [0.2, 0.25) is 0 Å². The van der Waals surface area contributed by atoms with Crippen molar-refractivity contribution in [1.82, 2.24) is 0 Å². The van der Waals surface area contributed by atoms with E-state index in [1.165, 1.54) is 30.3 Å². The first kappa shape index (κ1) is 17.5. The molecule has 3 rings (SSSR count). The minimum atomic E-state index is -4.59. The van der Waals surface area contributed by atoms with Gasteiger partial charge in [0.15, 0.2) is 5.78 Å². The van der Waals surface area contributed by atoms with Crippen LogP contribution in [0.15, 0.2) is 63.8 Å². The molecule has 0 aliphatic heterocycles. The van der Waals surface area contributed by atoms with E-state index in [1.807, 2.05) is 0 Å². The number of carbonyl (C=O) groups is 1. The predicted octanol–water partition coefficient (Wildman–Crippen LogP) is 4.41. The molecular weight excluding hydrogens is 349 g/mol. The van der Waals surface area contributed by atoms with Gasteiger partial charge in [0.2, 0.25) is 0 Å². The molecule has 0 unspecified atom stereocenters. The molecule has 4 nitrogen and oxygen atoms in total. The predicted molar refractivity (Wildman–Crippen MR) is 89.0 cm³/mol. The summed E-state index contributed by atoms with van der Waals surface area (Å²) in [5, 5.41) is 10.3. The number of para-hydroxylation sites is 1. The van der Waals surface area contributed by atoms with E-state index in [0.717, 1.165) is 18.2 Å². The number of allylic oxidation sites excluding steroid dienone is 1. The summed E-state index contributed by atoms with van der Waals surface area (Å²) in [6.07, 6.45) is -2.85. The average Bonchev–Trinajstić information content (AvgIpc) is 2.59. The highest BCUT2D eigenvalue weighted by Gasteiger charge is 2.32. The molecule has 0 spiro atoms. The van der Waals surface area contributed by atoms with E-state index in [0.29, 0.717) is 0 Å². The Hall–Kier alpha value is -3.35. The monoisotopic (exact) mass is 360 g/mol. The first-order valence-electron chi connectivity index (χ1n) is 7.42. The van der Waals surface area contributed by atoms with Gasteiger partial charge in [-0.2, -0.15) is 13.2 Å². The number of carbonyl (C=O) groups excluding carboxylic acids is 1. The van der Waals surface area contributed by atoms with Crippen molar-refractivity contribution in [3.05, 3.63) is 81.7 Å². The molecule has 0 atom stereocenters. The van der Waals surface area contributed by atoms with Crippen LogP contribution in [-0.4, -0.2) is 10.9 Å². The number of aromatic hydroxyl groups is 1. The zero-order chi connectivity index (χ0) is 18.9. The molecule has 3 aromatic rings. The summed E-state index contributed by atoms with van der Waals surface area (Å²) >= 11 is 0. The number of halogens is 3. The van der Waals surface area contributed by atoms with E-state index in [9.17, 15) is 27.9 Å². The van der Waals surface area contributed by atoms with E-state index in [4.69, 9.17) is 4.42 Å². The van der Waals surface area contributed by atoms with E-state index in [-0.39, 0.29) is 16.5 Å². The Kier molecular flexibility index (Phi) is 4.38. The molecule has 7 heteroatoms. The Morgan fingerprint density at radius 3 is 2.42 bits per heavy atom. The van der Waals surface area contributed by atoms with Crippen LogP contribution in [0.25, 0.3) is 17.0 Å². The van der Waals surface area contributed by atoms with Crippen molar-refractivity contribution in [2.24, 2.45) is 0 Å².